The molecule has 0 spiro atoms. The summed E-state index contributed by atoms with van der Waals surface area (Å²) in [5, 5.41) is 15.7. The van der Waals surface area contributed by atoms with Crippen LogP contribution in [0, 0.1) is 13.8 Å². The number of thioether (sulfide) groups is 1. The third kappa shape index (κ3) is 4.95. The Bertz CT molecular complexity index is 1060. The van der Waals surface area contributed by atoms with E-state index >= 15 is 0 Å². The van der Waals surface area contributed by atoms with Crippen LogP contribution in [0.3, 0.4) is 0 Å². The van der Waals surface area contributed by atoms with Gasteiger partial charge < -0.3 is 9.90 Å². The van der Waals surface area contributed by atoms with Crippen LogP contribution in [0.5, 0.6) is 0 Å². The number of hydrogen-bond acceptors (Lipinski definition) is 6. The number of benzene rings is 2. The molecule has 1 heterocycles. The van der Waals surface area contributed by atoms with Gasteiger partial charge in [-0.1, -0.05) is 35.9 Å². The number of amides is 1. The van der Waals surface area contributed by atoms with Crippen molar-refractivity contribution in [2.45, 2.75) is 18.7 Å². The van der Waals surface area contributed by atoms with E-state index in [1.165, 1.54) is 30.1 Å². The van der Waals surface area contributed by atoms with Gasteiger partial charge in [0.05, 0.1) is 23.5 Å². The van der Waals surface area contributed by atoms with E-state index in [0.717, 1.165) is 27.1 Å². The molecule has 28 heavy (non-hydrogen) atoms. The van der Waals surface area contributed by atoms with Crippen LogP contribution in [-0.2, 0) is 4.79 Å². The van der Waals surface area contributed by atoms with E-state index in [-0.39, 0.29) is 17.2 Å². The number of carbonyl (C=O) groups excluding carboxylic acids is 2. The summed E-state index contributed by atoms with van der Waals surface area (Å²) in [5.41, 5.74) is 6.19. The molecule has 0 aliphatic carbocycles. The lowest BCUT2D eigenvalue weighted by molar-refractivity contribution is -0.255. The van der Waals surface area contributed by atoms with Crippen molar-refractivity contribution in [1.29, 1.82) is 0 Å². The number of hydrazone groups is 1. The van der Waals surface area contributed by atoms with Gasteiger partial charge in [0.25, 0.3) is 0 Å². The summed E-state index contributed by atoms with van der Waals surface area (Å²) in [6.45, 7) is 3.95. The van der Waals surface area contributed by atoms with Crippen molar-refractivity contribution >= 4 is 40.8 Å². The molecular formula is C21H18N3O3S-. The Hall–Kier alpha value is -3.19. The molecule has 1 amide bonds. The van der Waals surface area contributed by atoms with Gasteiger partial charge in [0.1, 0.15) is 0 Å². The SMILES string of the molecule is Cc1ccc2nc(C)cc(SCC(=O)N/N=C/c3ccc(C(=O)[O-])cc3)c2c1. The molecule has 0 bridgehead atoms. The van der Waals surface area contributed by atoms with E-state index in [1.54, 1.807) is 12.1 Å². The fraction of sp³-hybridized carbons (Fsp3) is 0.143. The van der Waals surface area contributed by atoms with E-state index < -0.39 is 5.97 Å². The van der Waals surface area contributed by atoms with Crippen molar-refractivity contribution in [2.24, 2.45) is 5.10 Å². The minimum Gasteiger partial charge on any atom is -0.545 e. The van der Waals surface area contributed by atoms with Crippen LogP contribution in [0.25, 0.3) is 10.9 Å². The van der Waals surface area contributed by atoms with Gasteiger partial charge in [-0.05, 0) is 43.2 Å². The molecule has 0 saturated heterocycles. The van der Waals surface area contributed by atoms with Crippen LogP contribution in [0.4, 0.5) is 0 Å². The first-order valence-electron chi connectivity index (χ1n) is 8.56. The fourth-order valence-electron chi connectivity index (χ4n) is 2.61. The van der Waals surface area contributed by atoms with E-state index in [4.69, 9.17) is 0 Å². The number of carbonyl (C=O) groups is 2. The first kappa shape index (κ1) is 19.6. The van der Waals surface area contributed by atoms with Crippen LogP contribution in [-0.4, -0.2) is 28.8 Å². The molecule has 0 unspecified atom stereocenters. The topological polar surface area (TPSA) is 94.5 Å². The monoisotopic (exact) mass is 392 g/mol. The lowest BCUT2D eigenvalue weighted by atomic mass is 10.1. The summed E-state index contributed by atoms with van der Waals surface area (Å²) < 4.78 is 0. The first-order chi connectivity index (χ1) is 13.4. The normalized spacial score (nSPS) is 11.1. The van der Waals surface area contributed by atoms with Crippen LogP contribution in [0.1, 0.15) is 27.2 Å². The van der Waals surface area contributed by atoms with Crippen molar-refractivity contribution in [1.82, 2.24) is 10.4 Å². The highest BCUT2D eigenvalue weighted by atomic mass is 32.2. The molecule has 0 aliphatic rings. The maximum Gasteiger partial charge on any atom is 0.250 e. The standard InChI is InChI=1S/C21H19N3O3S/c1-13-3-8-18-17(9-13)19(10-14(2)23-18)28-12-20(25)24-22-11-15-4-6-16(7-5-15)21(26)27/h3-11H,12H2,1-2H3,(H,24,25)(H,26,27)/p-1/b22-11+. The fourth-order valence-corrected chi connectivity index (χ4v) is 3.54. The summed E-state index contributed by atoms with van der Waals surface area (Å²) >= 11 is 1.43. The number of hydrogen-bond donors (Lipinski definition) is 1. The molecule has 6 nitrogen and oxygen atoms in total. The van der Waals surface area contributed by atoms with Crippen LogP contribution >= 0.6 is 11.8 Å². The number of aromatic carboxylic acids is 1. The average Bonchev–Trinajstić information content (AvgIpc) is 2.67. The highest BCUT2D eigenvalue weighted by molar-refractivity contribution is 8.00. The minimum atomic E-state index is -1.23. The van der Waals surface area contributed by atoms with Gasteiger partial charge in [0.2, 0.25) is 5.91 Å². The molecule has 3 rings (SSSR count). The Kier molecular flexibility index (Phi) is 6.06. The Labute approximate surface area is 166 Å². The first-order valence-corrected chi connectivity index (χ1v) is 9.55. The maximum atomic E-state index is 12.1. The summed E-state index contributed by atoms with van der Waals surface area (Å²) in [4.78, 5) is 28.3. The molecule has 0 fully saturated rings. The predicted octanol–water partition coefficient (Wildman–Crippen LogP) is 2.46. The summed E-state index contributed by atoms with van der Waals surface area (Å²) in [6.07, 6.45) is 1.46. The third-order valence-corrected chi connectivity index (χ3v) is 5.02. The van der Waals surface area contributed by atoms with Crippen molar-refractivity contribution in [2.75, 3.05) is 5.75 Å². The average molecular weight is 392 g/mol. The summed E-state index contributed by atoms with van der Waals surface area (Å²) in [7, 11) is 0. The number of fused-ring (bicyclic) bond motifs is 1. The van der Waals surface area contributed by atoms with Crippen LogP contribution in [0.15, 0.2) is 58.5 Å². The Morgan fingerprint density at radius 3 is 2.61 bits per heavy atom. The second-order valence-corrected chi connectivity index (χ2v) is 7.29. The summed E-state index contributed by atoms with van der Waals surface area (Å²) in [6, 6.07) is 14.1. The van der Waals surface area contributed by atoms with Crippen molar-refractivity contribution < 1.29 is 14.7 Å². The van der Waals surface area contributed by atoms with E-state index in [1.807, 2.05) is 32.0 Å². The summed E-state index contributed by atoms with van der Waals surface area (Å²) in [5.74, 6) is -1.25. The second-order valence-electron chi connectivity index (χ2n) is 6.27. The minimum absolute atomic E-state index is 0.0905. The number of rotatable bonds is 6. The Morgan fingerprint density at radius 2 is 1.89 bits per heavy atom. The molecule has 0 radical (unpaired) electrons. The molecule has 7 heteroatoms. The molecule has 2 aromatic carbocycles. The quantitative estimate of drug-likeness (QED) is 0.395. The molecule has 1 aromatic heterocycles. The number of aromatic nitrogens is 1. The van der Waals surface area contributed by atoms with Gasteiger partial charge in [-0.25, -0.2) is 5.43 Å². The predicted molar refractivity (Wildman–Crippen MR) is 108 cm³/mol. The lowest BCUT2D eigenvalue weighted by Gasteiger charge is -2.08. The van der Waals surface area contributed by atoms with E-state index in [0.29, 0.717) is 5.56 Å². The Morgan fingerprint density at radius 1 is 1.14 bits per heavy atom. The van der Waals surface area contributed by atoms with Crippen molar-refractivity contribution in [3.05, 3.63) is 70.9 Å². The van der Waals surface area contributed by atoms with Gasteiger partial charge in [-0.3, -0.25) is 9.78 Å². The van der Waals surface area contributed by atoms with E-state index in [2.05, 4.69) is 21.6 Å². The van der Waals surface area contributed by atoms with Crippen molar-refractivity contribution in [3.63, 3.8) is 0 Å². The zero-order chi connectivity index (χ0) is 20.1. The number of carboxylic acids is 1. The molecule has 0 saturated carbocycles. The second kappa shape index (κ2) is 8.67. The lowest BCUT2D eigenvalue weighted by Crippen LogP contribution is -2.22. The number of nitrogens with zero attached hydrogens (tertiary/aromatic N) is 2. The highest BCUT2D eigenvalue weighted by Gasteiger charge is 2.08. The molecule has 3 aromatic rings. The van der Waals surface area contributed by atoms with Gasteiger partial charge in [-0.15, -0.1) is 11.8 Å². The molecular weight excluding hydrogens is 374 g/mol. The smallest absolute Gasteiger partial charge is 0.250 e. The molecule has 0 atom stereocenters. The largest absolute Gasteiger partial charge is 0.545 e. The van der Waals surface area contributed by atoms with Gasteiger partial charge in [0, 0.05) is 16.0 Å². The van der Waals surface area contributed by atoms with Gasteiger partial charge in [-0.2, -0.15) is 5.10 Å². The highest BCUT2D eigenvalue weighted by Crippen LogP contribution is 2.28. The van der Waals surface area contributed by atoms with Crippen LogP contribution < -0.4 is 10.5 Å². The van der Waals surface area contributed by atoms with Crippen LogP contribution in [0.2, 0.25) is 0 Å². The number of carboxylic acid groups (broad SMARTS) is 1. The molecule has 142 valence electrons. The maximum absolute atomic E-state index is 12.1. The van der Waals surface area contributed by atoms with Gasteiger partial charge >= 0.3 is 0 Å². The third-order valence-electron chi connectivity index (χ3n) is 3.96. The molecule has 0 aliphatic heterocycles. The molecule has 1 N–H and O–H groups in total. The van der Waals surface area contributed by atoms with Gasteiger partial charge in [0.15, 0.2) is 0 Å². The zero-order valence-electron chi connectivity index (χ0n) is 15.4. The number of nitrogens with one attached hydrogen (secondary N) is 1. The Balaban J connectivity index is 1.61. The zero-order valence-corrected chi connectivity index (χ0v) is 16.2. The number of aryl methyl sites for hydroxylation is 2. The number of pyridine rings is 1. The van der Waals surface area contributed by atoms with Crippen molar-refractivity contribution in [3.8, 4) is 0 Å². The van der Waals surface area contributed by atoms with E-state index in [9.17, 15) is 14.7 Å².